The molecule has 1 saturated heterocycles. The normalized spacial score (nSPS) is 15.3. The highest BCUT2D eigenvalue weighted by atomic mass is 127. The monoisotopic (exact) mass is 636 g/mol. The largest absolute Gasteiger partial charge is 0.493 e. The number of amidine groups is 1. The number of nitrogens with zero attached hydrogens (tertiary/aromatic N) is 2. The van der Waals surface area contributed by atoms with E-state index in [0.717, 1.165) is 26.1 Å². The van der Waals surface area contributed by atoms with Crippen LogP contribution < -0.4 is 14.4 Å². The number of para-hydroxylation sites is 2. The summed E-state index contributed by atoms with van der Waals surface area (Å²) in [4.78, 5) is 20.5. The Morgan fingerprint density at radius 1 is 0.974 bits per heavy atom. The number of anilines is 1. The zero-order chi connectivity index (χ0) is 26.5. The van der Waals surface area contributed by atoms with Crippen LogP contribution in [-0.2, 0) is 11.4 Å². The van der Waals surface area contributed by atoms with E-state index in [4.69, 9.17) is 14.5 Å². The number of amides is 1. The molecule has 0 radical (unpaired) electrons. The van der Waals surface area contributed by atoms with Gasteiger partial charge in [-0.05, 0) is 100 Å². The third-order valence-corrected chi connectivity index (χ3v) is 7.42. The van der Waals surface area contributed by atoms with Crippen molar-refractivity contribution in [2.45, 2.75) is 6.61 Å². The fourth-order valence-electron chi connectivity index (χ4n) is 3.82. The third-order valence-electron chi connectivity index (χ3n) is 5.65. The van der Waals surface area contributed by atoms with Gasteiger partial charge in [-0.2, -0.15) is 0 Å². The van der Waals surface area contributed by atoms with Crippen molar-refractivity contribution in [3.05, 3.63) is 122 Å². The number of carbonyl (C=O) groups excluding carboxylic acids is 1. The van der Waals surface area contributed by atoms with Crippen LogP contribution in [-0.4, -0.2) is 18.2 Å². The van der Waals surface area contributed by atoms with E-state index in [9.17, 15) is 9.18 Å². The Morgan fingerprint density at radius 3 is 2.34 bits per heavy atom. The first-order valence-corrected chi connectivity index (χ1v) is 13.6. The van der Waals surface area contributed by atoms with Crippen molar-refractivity contribution < 1.29 is 18.7 Å². The van der Waals surface area contributed by atoms with E-state index in [1.54, 1.807) is 24.1 Å². The number of rotatable bonds is 7. The van der Waals surface area contributed by atoms with Gasteiger partial charge in [0.25, 0.3) is 5.91 Å². The zero-order valence-corrected chi connectivity index (χ0v) is 23.3. The molecule has 4 aromatic rings. The second kappa shape index (κ2) is 11.8. The molecule has 0 bridgehead atoms. The van der Waals surface area contributed by atoms with Gasteiger partial charge >= 0.3 is 0 Å². The second-order valence-electron chi connectivity index (χ2n) is 8.27. The Bertz CT molecular complexity index is 1510. The third kappa shape index (κ3) is 5.92. The molecule has 1 fully saturated rings. The van der Waals surface area contributed by atoms with E-state index in [0.29, 0.717) is 21.6 Å². The smallest absolute Gasteiger partial charge is 0.271 e. The van der Waals surface area contributed by atoms with Gasteiger partial charge in [-0.25, -0.2) is 9.38 Å². The Kier molecular flexibility index (Phi) is 8.09. The first-order valence-electron chi connectivity index (χ1n) is 11.7. The molecule has 1 amide bonds. The van der Waals surface area contributed by atoms with Gasteiger partial charge in [-0.15, -0.1) is 0 Å². The van der Waals surface area contributed by atoms with Gasteiger partial charge in [0.15, 0.2) is 16.7 Å². The number of benzene rings is 4. The molecule has 5 rings (SSSR count). The average Bonchev–Trinajstić information content (AvgIpc) is 3.23. The van der Waals surface area contributed by atoms with Crippen LogP contribution in [0.3, 0.4) is 0 Å². The number of hydrogen-bond acceptors (Lipinski definition) is 5. The number of halogens is 2. The Labute approximate surface area is 238 Å². The lowest BCUT2D eigenvalue weighted by molar-refractivity contribution is -0.113. The Hall–Kier alpha value is -3.63. The summed E-state index contributed by atoms with van der Waals surface area (Å²) >= 11 is 3.51. The quantitative estimate of drug-likeness (QED) is 0.153. The van der Waals surface area contributed by atoms with Crippen LogP contribution in [0, 0.1) is 9.39 Å². The standard InChI is InChI=1S/C30H22FIN2O3S/c1-36-26-17-21(16-25(32)28(26)37-19-20-12-14-22(31)15-13-20)18-27-29(35)34(24-10-6-3-7-11-24)30(38-27)33-23-8-4-2-5-9-23/h2-18H,19H2,1H3/b27-18+,33-30?. The highest BCUT2D eigenvalue weighted by Gasteiger charge is 2.34. The summed E-state index contributed by atoms with van der Waals surface area (Å²) in [5.74, 6) is 0.684. The van der Waals surface area contributed by atoms with Gasteiger partial charge in [0, 0.05) is 0 Å². The van der Waals surface area contributed by atoms with E-state index in [2.05, 4.69) is 22.6 Å². The predicted molar refractivity (Wildman–Crippen MR) is 159 cm³/mol. The van der Waals surface area contributed by atoms with Gasteiger partial charge in [0.2, 0.25) is 0 Å². The number of thioether (sulfide) groups is 1. The minimum absolute atomic E-state index is 0.151. The molecule has 8 heteroatoms. The fraction of sp³-hybridized carbons (Fsp3) is 0.0667. The van der Waals surface area contributed by atoms with Crippen molar-refractivity contribution in [1.29, 1.82) is 0 Å². The molecule has 38 heavy (non-hydrogen) atoms. The highest BCUT2D eigenvalue weighted by molar-refractivity contribution is 14.1. The molecule has 0 aliphatic carbocycles. The molecular weight excluding hydrogens is 614 g/mol. The molecule has 5 nitrogen and oxygen atoms in total. The predicted octanol–water partition coefficient (Wildman–Crippen LogP) is 7.83. The summed E-state index contributed by atoms with van der Waals surface area (Å²) < 4.78 is 25.7. The average molecular weight is 636 g/mol. The molecule has 0 aromatic heterocycles. The first kappa shape index (κ1) is 26.0. The van der Waals surface area contributed by atoms with Gasteiger partial charge in [0.05, 0.1) is 27.0 Å². The van der Waals surface area contributed by atoms with Gasteiger partial charge < -0.3 is 9.47 Å². The van der Waals surface area contributed by atoms with Crippen LogP contribution in [0.15, 0.2) is 107 Å². The van der Waals surface area contributed by atoms with Crippen molar-refractivity contribution in [3.63, 3.8) is 0 Å². The lowest BCUT2D eigenvalue weighted by Crippen LogP contribution is -2.28. The Balaban J connectivity index is 1.45. The summed E-state index contributed by atoms with van der Waals surface area (Å²) in [6, 6.07) is 29.0. The Morgan fingerprint density at radius 2 is 1.66 bits per heavy atom. The molecular formula is C30H22FIN2O3S. The minimum Gasteiger partial charge on any atom is -0.493 e. The van der Waals surface area contributed by atoms with Gasteiger partial charge in [0.1, 0.15) is 12.4 Å². The molecule has 0 N–H and O–H groups in total. The zero-order valence-electron chi connectivity index (χ0n) is 20.3. The van der Waals surface area contributed by atoms with Crippen molar-refractivity contribution >= 4 is 62.9 Å². The maximum absolute atomic E-state index is 13.6. The van der Waals surface area contributed by atoms with E-state index in [1.807, 2.05) is 78.9 Å². The van der Waals surface area contributed by atoms with E-state index >= 15 is 0 Å². The summed E-state index contributed by atoms with van der Waals surface area (Å²) in [6.45, 7) is 0.271. The molecule has 0 saturated carbocycles. The summed E-state index contributed by atoms with van der Waals surface area (Å²) in [7, 11) is 1.57. The van der Waals surface area contributed by atoms with Crippen molar-refractivity contribution in [3.8, 4) is 11.5 Å². The van der Waals surface area contributed by atoms with Gasteiger partial charge in [-0.1, -0.05) is 48.5 Å². The van der Waals surface area contributed by atoms with Crippen LogP contribution in [0.25, 0.3) is 6.08 Å². The minimum atomic E-state index is -0.291. The molecule has 0 spiro atoms. The lowest BCUT2D eigenvalue weighted by atomic mass is 10.1. The maximum Gasteiger partial charge on any atom is 0.271 e. The topological polar surface area (TPSA) is 51.1 Å². The molecule has 190 valence electrons. The number of carbonyl (C=O) groups is 1. The SMILES string of the molecule is COc1cc(/C=C2/SC(=Nc3ccccc3)N(c3ccccc3)C2=O)cc(I)c1OCc1ccc(F)cc1. The van der Waals surface area contributed by atoms with E-state index in [1.165, 1.54) is 23.9 Å². The van der Waals surface area contributed by atoms with Crippen molar-refractivity contribution in [2.75, 3.05) is 12.0 Å². The molecule has 1 heterocycles. The van der Waals surface area contributed by atoms with Gasteiger partial charge in [-0.3, -0.25) is 9.69 Å². The van der Waals surface area contributed by atoms with Crippen LogP contribution in [0.1, 0.15) is 11.1 Å². The van der Waals surface area contributed by atoms with Crippen molar-refractivity contribution in [1.82, 2.24) is 0 Å². The van der Waals surface area contributed by atoms with Crippen LogP contribution in [0.2, 0.25) is 0 Å². The molecule has 4 aromatic carbocycles. The first-order chi connectivity index (χ1) is 18.5. The van der Waals surface area contributed by atoms with E-state index < -0.39 is 0 Å². The molecule has 0 unspecified atom stereocenters. The van der Waals surface area contributed by atoms with Crippen LogP contribution in [0.4, 0.5) is 15.8 Å². The summed E-state index contributed by atoms with van der Waals surface area (Å²) in [6.07, 6.45) is 1.84. The summed E-state index contributed by atoms with van der Waals surface area (Å²) in [5, 5.41) is 0.583. The lowest BCUT2D eigenvalue weighted by Gasteiger charge is -2.15. The number of methoxy groups -OCH3 is 1. The molecule has 1 aliphatic heterocycles. The van der Waals surface area contributed by atoms with Crippen LogP contribution >= 0.6 is 34.4 Å². The number of ether oxygens (including phenoxy) is 2. The molecule has 0 atom stereocenters. The van der Waals surface area contributed by atoms with Crippen molar-refractivity contribution in [2.24, 2.45) is 4.99 Å². The highest BCUT2D eigenvalue weighted by Crippen LogP contribution is 2.39. The second-order valence-corrected chi connectivity index (χ2v) is 10.4. The van der Waals surface area contributed by atoms with Crippen LogP contribution in [0.5, 0.6) is 11.5 Å². The summed E-state index contributed by atoms with van der Waals surface area (Å²) in [5.41, 5.74) is 3.16. The van der Waals surface area contributed by atoms with E-state index in [-0.39, 0.29) is 18.3 Å². The fourth-order valence-corrected chi connectivity index (χ4v) is 5.60. The molecule has 1 aliphatic rings. The number of hydrogen-bond donors (Lipinski definition) is 0. The number of aliphatic imine (C=N–C) groups is 1. The maximum atomic E-state index is 13.6.